The second-order valence-corrected chi connectivity index (χ2v) is 26.0. The van der Waals surface area contributed by atoms with E-state index in [-0.39, 0.29) is 101 Å². The second-order valence-electron chi connectivity index (χ2n) is 24.5. The molecule has 1 spiro atoms. The molecule has 9 fully saturated rings. The number of rotatable bonds is 11. The summed E-state index contributed by atoms with van der Waals surface area (Å²) in [4.78, 5) is 24.6. The molecule has 13 unspecified atom stereocenters. The number of aliphatic imine (C=N–C) groups is 1. The van der Waals surface area contributed by atoms with E-state index in [2.05, 4.69) is 108 Å². The predicted molar refractivity (Wildman–Crippen MR) is 260 cm³/mol. The van der Waals surface area contributed by atoms with Gasteiger partial charge < -0.3 is 19.5 Å². The number of nitrogens with zero attached hydrogens (tertiary/aromatic N) is 4. The quantitative estimate of drug-likeness (QED) is 0.158. The van der Waals surface area contributed by atoms with E-state index >= 15 is 4.39 Å². The van der Waals surface area contributed by atoms with Crippen molar-refractivity contribution < 1.29 is 23.4 Å². The third-order valence-corrected chi connectivity index (χ3v) is 21.2. The number of carbonyl (C=O) groups excluding carboxylic acids is 1. The Morgan fingerprint density at radius 2 is 1.73 bits per heavy atom. The van der Waals surface area contributed by atoms with E-state index in [0.29, 0.717) is 47.9 Å². The van der Waals surface area contributed by atoms with Gasteiger partial charge in [0, 0.05) is 92.3 Å². The molecule has 6 heterocycles. The van der Waals surface area contributed by atoms with Crippen molar-refractivity contribution in [2.75, 3.05) is 46.4 Å². The molecule has 376 valence electrons. The Hall–Kier alpha value is -1.49. The van der Waals surface area contributed by atoms with Crippen molar-refractivity contribution in [1.82, 2.24) is 41.9 Å². The van der Waals surface area contributed by atoms with Crippen LogP contribution in [0.5, 0.6) is 0 Å². The highest BCUT2D eigenvalue weighted by Crippen LogP contribution is 2.58. The first-order chi connectivity index (χ1) is 32.1. The maximum Gasteiger partial charge on any atom is 0.225 e. The van der Waals surface area contributed by atoms with Crippen LogP contribution >= 0.6 is 11.8 Å². The van der Waals surface area contributed by atoms with Crippen LogP contribution < -0.4 is 32.1 Å². The lowest BCUT2D eigenvalue weighted by Crippen LogP contribution is -2.75. The first-order valence-corrected chi connectivity index (χ1v) is 27.6. The van der Waals surface area contributed by atoms with Gasteiger partial charge in [0.2, 0.25) is 5.91 Å². The SMILES string of the molecule is COC1CC(OC2C(C)(C)C(NC(=O)C3CNC(N4CCC5(CC4)CC(CC4CCC(C6=N[C@@H](CC7NCCO7)C7NNC(C)N7C7SC(C)C(C)C67)C(F)C4)C5)NC3)C2(C)C)CCC1C#N. The topological polar surface area (TPSA) is 160 Å². The first-order valence-electron chi connectivity index (χ1n) is 26.7. The number of alkyl halides is 1. The number of nitriles is 1. The number of carbonyl (C=O) groups is 1. The largest absolute Gasteiger partial charge is 0.380 e. The number of thioether (sulfide) groups is 1. The Kier molecular flexibility index (Phi) is 14.3. The molecule has 0 aromatic carbocycles. The number of nitrogens with one attached hydrogen (secondary N) is 6. The van der Waals surface area contributed by atoms with Crippen molar-refractivity contribution in [1.29, 1.82) is 5.26 Å². The van der Waals surface area contributed by atoms with Crippen LogP contribution in [-0.2, 0) is 19.0 Å². The molecule has 14 nitrogen and oxygen atoms in total. The minimum Gasteiger partial charge on any atom is -0.380 e. The average molecular weight is 953 g/mol. The van der Waals surface area contributed by atoms with Crippen molar-refractivity contribution in [3.05, 3.63) is 0 Å². The normalized spacial score (nSPS) is 46.4. The van der Waals surface area contributed by atoms with Crippen LogP contribution in [-0.4, -0.2) is 140 Å². The monoisotopic (exact) mass is 953 g/mol. The summed E-state index contributed by atoms with van der Waals surface area (Å²) in [6, 6.07) is 2.41. The molecule has 0 aromatic rings. The molecule has 0 aromatic heterocycles. The van der Waals surface area contributed by atoms with Crippen molar-refractivity contribution in [2.24, 2.45) is 62.7 Å². The Morgan fingerprint density at radius 3 is 2.40 bits per heavy atom. The van der Waals surface area contributed by atoms with Crippen LogP contribution in [0.2, 0.25) is 0 Å². The van der Waals surface area contributed by atoms with Gasteiger partial charge in [-0.05, 0) is 94.3 Å². The van der Waals surface area contributed by atoms with Crippen LogP contribution in [0.1, 0.15) is 126 Å². The smallest absolute Gasteiger partial charge is 0.225 e. The molecule has 10 rings (SSSR count). The summed E-state index contributed by atoms with van der Waals surface area (Å²) in [6.07, 6.45) is 11.6. The number of hydrogen-bond acceptors (Lipinski definition) is 14. The molecule has 0 radical (unpaired) electrons. The third-order valence-electron chi connectivity index (χ3n) is 19.5. The van der Waals surface area contributed by atoms with Crippen LogP contribution in [0.3, 0.4) is 0 Å². The molecule has 4 aliphatic carbocycles. The Morgan fingerprint density at radius 1 is 0.985 bits per heavy atom. The maximum atomic E-state index is 16.8. The van der Waals surface area contributed by atoms with Gasteiger partial charge in [-0.1, -0.05) is 41.5 Å². The molecule has 6 aliphatic heterocycles. The predicted octanol–water partition coefficient (Wildman–Crippen LogP) is 5.31. The molecular weight excluding hydrogens is 868 g/mol. The highest BCUT2D eigenvalue weighted by atomic mass is 32.2. The van der Waals surface area contributed by atoms with Crippen LogP contribution in [0.25, 0.3) is 0 Å². The number of hydrogen-bond donors (Lipinski definition) is 6. The third kappa shape index (κ3) is 9.31. The van der Waals surface area contributed by atoms with E-state index in [1.165, 1.54) is 37.8 Å². The van der Waals surface area contributed by atoms with Gasteiger partial charge in [-0.25, -0.2) is 15.2 Å². The van der Waals surface area contributed by atoms with Gasteiger partial charge in [0.25, 0.3) is 0 Å². The van der Waals surface area contributed by atoms with Gasteiger partial charge in [-0.15, -0.1) is 11.8 Å². The standard InChI is InChI=1S/C51H85FN10O4S/c1-28-29(2)67-45-41(28)42(57-38(22-40-54-15-18-65-40)43-60-59-30(3)62(43)45)36-12-9-31(20-37(36)52)19-32-23-51(24-32)13-16-61(17-14-51)48-55-26-34(27-56-48)44(63)58-46-49(4,5)47(50(46,6)7)66-35-11-10-33(25-53)39(21-35)64-8/h28-41,43,45-48,54-56,59-60H,9-24,26-27H2,1-8H3,(H,58,63)/t28?,29?,30?,31?,33?,34?,35?,36?,37?,38-,39?,40?,41?,43?,45?,46?,47?,48?/m0/s1. The summed E-state index contributed by atoms with van der Waals surface area (Å²) in [5.41, 5.74) is 8.32. The Bertz CT molecular complexity index is 1810. The summed E-state index contributed by atoms with van der Waals surface area (Å²) in [7, 11) is 1.69. The van der Waals surface area contributed by atoms with Crippen molar-refractivity contribution in [3.8, 4) is 6.07 Å². The molecule has 6 N–H and O–H groups in total. The highest BCUT2D eigenvalue weighted by Gasteiger charge is 2.64. The van der Waals surface area contributed by atoms with E-state index in [0.717, 1.165) is 64.8 Å². The molecule has 4 saturated carbocycles. The minimum atomic E-state index is -0.830. The number of hydrazine groups is 1. The zero-order valence-electron chi connectivity index (χ0n) is 41.9. The van der Waals surface area contributed by atoms with Crippen molar-refractivity contribution in [3.63, 3.8) is 0 Å². The number of fused-ring (bicyclic) bond motifs is 3. The molecule has 67 heavy (non-hydrogen) atoms. The van der Waals surface area contributed by atoms with Crippen LogP contribution in [0.4, 0.5) is 4.39 Å². The van der Waals surface area contributed by atoms with Crippen molar-refractivity contribution >= 4 is 23.4 Å². The van der Waals surface area contributed by atoms with E-state index in [1.54, 1.807) is 7.11 Å². The zero-order chi connectivity index (χ0) is 47.0. The zero-order valence-corrected chi connectivity index (χ0v) is 42.7. The number of likely N-dealkylation sites (tertiary alicyclic amines) is 1. The van der Waals surface area contributed by atoms with Crippen molar-refractivity contribution in [2.45, 2.75) is 198 Å². The Balaban J connectivity index is 0.667. The molecule has 1 amide bonds. The molecule has 0 bridgehead atoms. The summed E-state index contributed by atoms with van der Waals surface area (Å²) in [5, 5.41) is 24.7. The molecule has 14 atom stereocenters. The number of ether oxygens (including phenoxy) is 3. The van der Waals surface area contributed by atoms with E-state index < -0.39 is 6.17 Å². The lowest BCUT2D eigenvalue weighted by molar-refractivity contribution is -0.239. The fourth-order valence-corrected chi connectivity index (χ4v) is 17.7. The molecule has 10 aliphatic rings. The van der Waals surface area contributed by atoms with Gasteiger partial charge in [0.05, 0.1) is 66.6 Å². The average Bonchev–Trinajstić information content (AvgIpc) is 4.02. The number of halogens is 1. The molecular formula is C51H85FN10O4S. The van der Waals surface area contributed by atoms with E-state index in [9.17, 15) is 10.1 Å². The van der Waals surface area contributed by atoms with Crippen LogP contribution in [0.15, 0.2) is 4.99 Å². The van der Waals surface area contributed by atoms with E-state index in [4.69, 9.17) is 19.2 Å². The van der Waals surface area contributed by atoms with E-state index in [1.807, 2.05) is 0 Å². The summed E-state index contributed by atoms with van der Waals surface area (Å²) in [6.45, 7) is 20.9. The van der Waals surface area contributed by atoms with Gasteiger partial charge in [-0.3, -0.25) is 35.5 Å². The summed E-state index contributed by atoms with van der Waals surface area (Å²) in [5.74, 6) is 1.70. The summed E-state index contributed by atoms with van der Waals surface area (Å²) < 4.78 is 35.3. The fourth-order valence-electron chi connectivity index (χ4n) is 15.9. The first kappa shape index (κ1) is 49.1. The summed E-state index contributed by atoms with van der Waals surface area (Å²) >= 11 is 2.07. The molecule has 5 saturated heterocycles. The van der Waals surface area contributed by atoms with Gasteiger partial charge in [0.1, 0.15) is 18.7 Å². The number of piperidine rings is 1. The number of methoxy groups -OCH3 is 1. The van der Waals surface area contributed by atoms with Gasteiger partial charge in [0.15, 0.2) is 0 Å². The van der Waals surface area contributed by atoms with Gasteiger partial charge in [-0.2, -0.15) is 5.26 Å². The number of amides is 1. The lowest BCUT2D eigenvalue weighted by atomic mass is 9.49. The maximum absolute atomic E-state index is 16.8. The molecule has 16 heteroatoms. The Labute approximate surface area is 405 Å². The highest BCUT2D eigenvalue weighted by molar-refractivity contribution is 8.00. The minimum absolute atomic E-state index is 0.000746. The second kappa shape index (κ2) is 19.5. The van der Waals surface area contributed by atoms with Crippen LogP contribution in [0, 0.1) is 69.0 Å². The lowest BCUT2D eigenvalue weighted by Gasteiger charge is -2.64. The fraction of sp³-hybridized carbons (Fsp3) is 0.941. The van der Waals surface area contributed by atoms with Gasteiger partial charge >= 0.3 is 0 Å².